The minimum absolute atomic E-state index is 0.132. The Hall–Kier alpha value is -3.36. The molecule has 1 aromatic heterocycles. The number of amides is 2. The molecule has 0 fully saturated rings. The molecule has 2 amide bonds. The Morgan fingerprint density at radius 1 is 1.16 bits per heavy atom. The van der Waals surface area contributed by atoms with Crippen LogP contribution in [0.3, 0.4) is 0 Å². The Kier molecular flexibility index (Phi) is 5.38. The van der Waals surface area contributed by atoms with Crippen LogP contribution in [-0.4, -0.2) is 26.0 Å². The number of hydrogen-bond donors (Lipinski definition) is 3. The largest absolute Gasteiger partial charge is 0.494 e. The van der Waals surface area contributed by atoms with Gasteiger partial charge in [0.05, 0.1) is 5.71 Å². The number of hydrogen-bond acceptors (Lipinski definition) is 5. The first-order valence-electron chi connectivity index (χ1n) is 7.54. The van der Waals surface area contributed by atoms with E-state index < -0.39 is 23.2 Å². The van der Waals surface area contributed by atoms with Crippen molar-refractivity contribution in [3.05, 3.63) is 56.7 Å². The van der Waals surface area contributed by atoms with Crippen LogP contribution in [0.1, 0.15) is 18.9 Å². The number of benzene rings is 1. The second-order valence-electron chi connectivity index (χ2n) is 5.25. The first-order chi connectivity index (χ1) is 11.9. The van der Waals surface area contributed by atoms with Crippen LogP contribution in [0.5, 0.6) is 5.88 Å². The van der Waals surface area contributed by atoms with E-state index in [0.29, 0.717) is 5.69 Å². The zero-order chi connectivity index (χ0) is 18.6. The molecular weight excluding hydrogens is 326 g/mol. The van der Waals surface area contributed by atoms with E-state index in [1.807, 2.05) is 6.07 Å². The summed E-state index contributed by atoms with van der Waals surface area (Å²) in [6.07, 6.45) is 0.257. The average molecular weight is 345 g/mol. The van der Waals surface area contributed by atoms with Gasteiger partial charge in [-0.1, -0.05) is 25.1 Å². The summed E-state index contributed by atoms with van der Waals surface area (Å²) in [7, 11) is 2.64. The Labute approximate surface area is 143 Å². The molecule has 9 heteroatoms. The van der Waals surface area contributed by atoms with Crippen LogP contribution in [0.25, 0.3) is 0 Å². The second-order valence-corrected chi connectivity index (χ2v) is 5.25. The summed E-state index contributed by atoms with van der Waals surface area (Å²) in [6, 6.07) is 8.16. The predicted molar refractivity (Wildman–Crippen MR) is 94.0 cm³/mol. The lowest BCUT2D eigenvalue weighted by atomic mass is 10.1. The third-order valence-corrected chi connectivity index (χ3v) is 3.58. The topological polar surface area (TPSA) is 118 Å². The SMILES string of the molecule is CC/C(=N\NC(=O)Nc1ccccc1)c1c(O)n(C)c(=O)n(C)c1=O. The second kappa shape index (κ2) is 7.47. The van der Waals surface area contributed by atoms with Gasteiger partial charge in [0.15, 0.2) is 0 Å². The van der Waals surface area contributed by atoms with Crippen molar-refractivity contribution in [1.82, 2.24) is 14.6 Å². The molecule has 0 atom stereocenters. The van der Waals surface area contributed by atoms with Gasteiger partial charge in [-0.05, 0) is 18.6 Å². The monoisotopic (exact) mass is 345 g/mol. The highest BCUT2D eigenvalue weighted by atomic mass is 16.3. The number of carbonyl (C=O) groups is 1. The maximum absolute atomic E-state index is 12.3. The van der Waals surface area contributed by atoms with Crippen LogP contribution in [0.4, 0.5) is 10.5 Å². The number of carbonyl (C=O) groups excluding carboxylic acids is 1. The van der Waals surface area contributed by atoms with Gasteiger partial charge in [0.1, 0.15) is 5.56 Å². The molecule has 2 aromatic rings. The summed E-state index contributed by atoms with van der Waals surface area (Å²) in [5.74, 6) is -0.501. The van der Waals surface area contributed by atoms with Crippen LogP contribution in [-0.2, 0) is 14.1 Å². The number of nitrogens with one attached hydrogen (secondary N) is 2. The number of rotatable bonds is 4. The molecule has 0 saturated heterocycles. The molecular formula is C16H19N5O4. The molecule has 1 aromatic carbocycles. The van der Waals surface area contributed by atoms with Crippen molar-refractivity contribution in [1.29, 1.82) is 0 Å². The molecule has 9 nitrogen and oxygen atoms in total. The molecule has 0 bridgehead atoms. The van der Waals surface area contributed by atoms with E-state index in [1.54, 1.807) is 31.2 Å². The Balaban J connectivity index is 2.31. The van der Waals surface area contributed by atoms with Gasteiger partial charge in [0.25, 0.3) is 5.56 Å². The van der Waals surface area contributed by atoms with E-state index in [0.717, 1.165) is 9.13 Å². The normalized spacial score (nSPS) is 11.2. The molecule has 1 heterocycles. The van der Waals surface area contributed by atoms with Crippen LogP contribution in [0.2, 0.25) is 0 Å². The molecule has 0 spiro atoms. The molecule has 0 aliphatic carbocycles. The van der Waals surface area contributed by atoms with Gasteiger partial charge in [-0.3, -0.25) is 13.9 Å². The van der Waals surface area contributed by atoms with Gasteiger partial charge in [0.2, 0.25) is 5.88 Å². The van der Waals surface area contributed by atoms with Crippen molar-refractivity contribution < 1.29 is 9.90 Å². The number of hydrazone groups is 1. The summed E-state index contributed by atoms with van der Waals surface area (Å²) in [6.45, 7) is 1.71. The first kappa shape index (κ1) is 18.0. The van der Waals surface area contributed by atoms with E-state index in [1.165, 1.54) is 14.1 Å². The lowest BCUT2D eigenvalue weighted by Crippen LogP contribution is -2.40. The molecule has 132 valence electrons. The third kappa shape index (κ3) is 3.77. The smallest absolute Gasteiger partial charge is 0.339 e. The number of aromatic hydroxyl groups is 1. The number of urea groups is 1. The van der Waals surface area contributed by atoms with Crippen molar-refractivity contribution in [3.63, 3.8) is 0 Å². The number of anilines is 1. The summed E-state index contributed by atoms with van der Waals surface area (Å²) < 4.78 is 1.80. The lowest BCUT2D eigenvalue weighted by molar-refractivity contribution is 0.252. The van der Waals surface area contributed by atoms with Crippen LogP contribution < -0.4 is 22.0 Å². The number of nitrogens with zero attached hydrogens (tertiary/aromatic N) is 3. The van der Waals surface area contributed by atoms with Gasteiger partial charge in [-0.25, -0.2) is 15.0 Å². The Morgan fingerprint density at radius 3 is 2.40 bits per heavy atom. The fraction of sp³-hybridized carbons (Fsp3) is 0.250. The van der Waals surface area contributed by atoms with Crippen molar-refractivity contribution >= 4 is 17.4 Å². The predicted octanol–water partition coefficient (Wildman–Crippen LogP) is 0.725. The number of para-hydroxylation sites is 1. The van der Waals surface area contributed by atoms with E-state index in [-0.39, 0.29) is 17.7 Å². The fourth-order valence-electron chi connectivity index (χ4n) is 2.20. The quantitative estimate of drug-likeness (QED) is 0.559. The van der Waals surface area contributed by atoms with Crippen molar-refractivity contribution in [3.8, 4) is 5.88 Å². The lowest BCUT2D eigenvalue weighted by Gasteiger charge is -2.11. The zero-order valence-electron chi connectivity index (χ0n) is 14.1. The van der Waals surface area contributed by atoms with Crippen LogP contribution in [0.15, 0.2) is 45.0 Å². The molecule has 3 N–H and O–H groups in total. The Morgan fingerprint density at radius 2 is 1.80 bits per heavy atom. The highest BCUT2D eigenvalue weighted by molar-refractivity contribution is 6.02. The molecule has 2 rings (SSSR count). The minimum atomic E-state index is -0.688. The Bertz CT molecular complexity index is 928. The maximum Gasteiger partial charge on any atom is 0.339 e. The maximum atomic E-state index is 12.3. The first-order valence-corrected chi connectivity index (χ1v) is 7.54. The highest BCUT2D eigenvalue weighted by Crippen LogP contribution is 2.12. The van der Waals surface area contributed by atoms with E-state index in [2.05, 4.69) is 15.8 Å². The average Bonchev–Trinajstić information content (AvgIpc) is 2.62. The molecule has 0 aliphatic heterocycles. The number of aromatic nitrogens is 2. The van der Waals surface area contributed by atoms with Crippen molar-refractivity contribution in [2.45, 2.75) is 13.3 Å². The van der Waals surface area contributed by atoms with Gasteiger partial charge in [-0.2, -0.15) is 5.10 Å². The van der Waals surface area contributed by atoms with Gasteiger partial charge in [-0.15, -0.1) is 0 Å². The van der Waals surface area contributed by atoms with E-state index >= 15 is 0 Å². The third-order valence-electron chi connectivity index (χ3n) is 3.58. The van der Waals surface area contributed by atoms with E-state index in [9.17, 15) is 19.5 Å². The summed E-state index contributed by atoms with van der Waals surface area (Å²) >= 11 is 0. The molecule has 0 saturated carbocycles. The standard InChI is InChI=1S/C16H19N5O4/c1-4-11(12-13(22)20(2)16(25)21(3)14(12)23)18-19-15(24)17-10-8-6-5-7-9-10/h5-9,22H,4H2,1-3H3,(H2,17,19,24)/b18-11+. The fourth-order valence-corrected chi connectivity index (χ4v) is 2.20. The molecule has 0 aliphatic rings. The van der Waals surface area contributed by atoms with Gasteiger partial charge < -0.3 is 10.4 Å². The highest BCUT2D eigenvalue weighted by Gasteiger charge is 2.19. The van der Waals surface area contributed by atoms with Gasteiger partial charge in [0, 0.05) is 19.8 Å². The summed E-state index contributed by atoms with van der Waals surface area (Å²) in [4.78, 5) is 36.0. The summed E-state index contributed by atoms with van der Waals surface area (Å²) in [5, 5.41) is 16.6. The van der Waals surface area contributed by atoms with E-state index in [4.69, 9.17) is 0 Å². The van der Waals surface area contributed by atoms with Crippen LogP contribution in [0, 0.1) is 0 Å². The van der Waals surface area contributed by atoms with Crippen molar-refractivity contribution in [2.75, 3.05) is 5.32 Å². The van der Waals surface area contributed by atoms with Crippen LogP contribution >= 0.6 is 0 Å². The van der Waals surface area contributed by atoms with Gasteiger partial charge >= 0.3 is 11.7 Å². The minimum Gasteiger partial charge on any atom is -0.494 e. The van der Waals surface area contributed by atoms with Crippen molar-refractivity contribution in [2.24, 2.45) is 19.2 Å². The molecule has 0 unspecified atom stereocenters. The molecule has 0 radical (unpaired) electrons. The zero-order valence-corrected chi connectivity index (χ0v) is 14.1. The molecule has 25 heavy (non-hydrogen) atoms. The summed E-state index contributed by atoms with van der Waals surface area (Å²) in [5.41, 5.74) is 1.53.